The molecule has 0 spiro atoms. The van der Waals surface area contributed by atoms with Crippen molar-refractivity contribution < 1.29 is 57.3 Å². The predicted molar refractivity (Wildman–Crippen MR) is 299 cm³/mol. The van der Waals surface area contributed by atoms with Crippen LogP contribution in [0.3, 0.4) is 0 Å². The topological polar surface area (TPSA) is 204 Å². The molecule has 2 saturated heterocycles. The molecule has 7 rings (SSSR count). The summed E-state index contributed by atoms with van der Waals surface area (Å²) in [7, 11) is 0. The third kappa shape index (κ3) is 16.9. The number of amides is 4. The Hall–Kier alpha value is -8.14. The van der Waals surface area contributed by atoms with Crippen molar-refractivity contribution in [2.75, 3.05) is 26.3 Å². The minimum Gasteiger partial charge on any atom is -0.456 e. The van der Waals surface area contributed by atoms with E-state index in [4.69, 9.17) is 18.9 Å². The van der Waals surface area contributed by atoms with Crippen molar-refractivity contribution in [2.24, 2.45) is 10.8 Å². The number of ketones is 2. The molecule has 16 heteroatoms. The molecule has 5 aromatic carbocycles. The zero-order chi connectivity index (χ0) is 57.1. The van der Waals surface area contributed by atoms with Crippen molar-refractivity contribution in [3.05, 3.63) is 179 Å². The van der Waals surface area contributed by atoms with Crippen molar-refractivity contribution in [1.29, 1.82) is 0 Å². The van der Waals surface area contributed by atoms with Gasteiger partial charge in [0.1, 0.15) is 37.5 Å². The summed E-state index contributed by atoms with van der Waals surface area (Å²) in [6.45, 7) is 5.81. The van der Waals surface area contributed by atoms with Crippen LogP contribution in [0.4, 0.5) is 9.59 Å². The van der Waals surface area contributed by atoms with Crippen LogP contribution in [0.2, 0.25) is 0 Å². The van der Waals surface area contributed by atoms with Gasteiger partial charge >= 0.3 is 24.1 Å². The smallest absolute Gasteiger partial charge is 0.407 e. The first-order valence-corrected chi connectivity index (χ1v) is 27.7. The van der Waals surface area contributed by atoms with Crippen LogP contribution in [-0.4, -0.2) is 95.7 Å². The second kappa shape index (κ2) is 28.7. The van der Waals surface area contributed by atoms with Gasteiger partial charge in [-0.1, -0.05) is 146 Å². The summed E-state index contributed by atoms with van der Waals surface area (Å²) in [6, 6.07) is 43.8. The highest BCUT2D eigenvalue weighted by Gasteiger charge is 2.44. The number of aryl methyl sites for hydroxylation is 2. The largest absolute Gasteiger partial charge is 0.456 e. The molecule has 2 fully saturated rings. The average Bonchev–Trinajstić information content (AvgIpc) is 3.50. The SMILES string of the molecule is CC(C)(COC(=O)NCc1ccc(CNC(=O)OCC(C)(C)C(=O)C(=O)N2CCCC[C@H]2C(=O)OC(CCc2ccccc2)c2ccccc2)cc1)C(=O)C(=O)N1CCCCC1C(=O)O[C@H](CCc1ccccc1)c1ccccc1. The summed E-state index contributed by atoms with van der Waals surface area (Å²) in [5.41, 5.74) is 2.45. The molecular formula is C64H74N4O12. The first-order chi connectivity index (χ1) is 38.5. The quantitative estimate of drug-likeness (QED) is 0.0337. The fraction of sp³-hybridized carbons (Fsp3) is 0.406. The van der Waals surface area contributed by atoms with E-state index in [9.17, 15) is 38.4 Å². The standard InChI is InChI=1S/C64H74N4O12/c1-63(2,55(69)57(71)67-39-19-17-29-51(67)59(73)79-53(49-25-13-7-14-26-49)37-35-45-21-9-5-10-22-45)43-77-61(75)65-41-47-31-33-48(34-32-47)42-66-62(76)78-44-64(3,4)56(70)58(72)68-40-20-18-30-52(68)60(74)80-54(50-27-15-8-16-28-50)38-36-46-23-11-6-12-24-46/h5-16,21-28,31-34,51-54H,17-20,29-30,35-44H2,1-4H3,(H,65,75)(H,66,76)/t51-,52?,53?,54+/m0/s1. The summed E-state index contributed by atoms with van der Waals surface area (Å²) < 4.78 is 23.1. The number of carbonyl (C=O) groups excluding carboxylic acids is 8. The molecule has 0 aliphatic carbocycles. The van der Waals surface area contributed by atoms with Crippen LogP contribution in [0, 0.1) is 10.8 Å². The summed E-state index contributed by atoms with van der Waals surface area (Å²) >= 11 is 0. The van der Waals surface area contributed by atoms with Gasteiger partial charge in [-0.05, 0) is 125 Å². The fourth-order valence-corrected chi connectivity index (χ4v) is 9.77. The van der Waals surface area contributed by atoms with E-state index in [1.165, 1.54) is 37.5 Å². The molecule has 0 bridgehead atoms. The maximum absolute atomic E-state index is 13.8. The second-order valence-corrected chi connectivity index (χ2v) is 21.8. The number of esters is 2. The Bertz CT molecular complexity index is 2690. The van der Waals surface area contributed by atoms with Gasteiger partial charge in [0.25, 0.3) is 11.8 Å². The number of rotatable bonds is 24. The molecular weight excluding hydrogens is 1020 g/mol. The molecule has 2 unspecified atom stereocenters. The van der Waals surface area contributed by atoms with Crippen LogP contribution in [0.5, 0.6) is 0 Å². The van der Waals surface area contributed by atoms with Gasteiger partial charge in [-0.15, -0.1) is 0 Å². The van der Waals surface area contributed by atoms with Crippen LogP contribution >= 0.6 is 0 Å². The molecule has 2 heterocycles. The number of hydrogen-bond donors (Lipinski definition) is 2. The predicted octanol–water partition coefficient (Wildman–Crippen LogP) is 9.93. The van der Waals surface area contributed by atoms with Gasteiger partial charge in [-0.2, -0.15) is 0 Å². The van der Waals surface area contributed by atoms with E-state index in [1.807, 2.05) is 121 Å². The highest BCUT2D eigenvalue weighted by Crippen LogP contribution is 2.31. The lowest BCUT2D eigenvalue weighted by molar-refractivity contribution is -0.165. The molecule has 5 aromatic rings. The Morgan fingerprint density at radius 1 is 0.463 bits per heavy atom. The normalized spacial score (nSPS) is 16.2. The van der Waals surface area contributed by atoms with Crippen LogP contribution < -0.4 is 10.6 Å². The summed E-state index contributed by atoms with van der Waals surface area (Å²) in [6.07, 6.45) is 2.98. The van der Waals surface area contributed by atoms with Gasteiger partial charge in [0.05, 0.1) is 10.8 Å². The second-order valence-electron chi connectivity index (χ2n) is 21.8. The van der Waals surface area contributed by atoms with E-state index >= 15 is 0 Å². The fourth-order valence-electron chi connectivity index (χ4n) is 9.77. The van der Waals surface area contributed by atoms with Crippen LogP contribution in [0.25, 0.3) is 0 Å². The van der Waals surface area contributed by atoms with Gasteiger partial charge in [-0.25, -0.2) is 19.2 Å². The van der Waals surface area contributed by atoms with Crippen molar-refractivity contribution in [3.8, 4) is 0 Å². The van der Waals surface area contributed by atoms with E-state index < -0.39 is 95.8 Å². The molecule has 4 atom stereocenters. The molecule has 422 valence electrons. The van der Waals surface area contributed by atoms with Crippen molar-refractivity contribution >= 4 is 47.5 Å². The van der Waals surface area contributed by atoms with Crippen LogP contribution in [0.1, 0.15) is 125 Å². The minimum atomic E-state index is -1.41. The maximum atomic E-state index is 13.8. The molecule has 2 aliphatic rings. The molecule has 2 N–H and O–H groups in total. The van der Waals surface area contributed by atoms with Gasteiger partial charge in [-0.3, -0.25) is 19.2 Å². The summed E-state index contributed by atoms with van der Waals surface area (Å²) in [4.78, 5) is 111. The number of carbonyl (C=O) groups is 8. The first-order valence-electron chi connectivity index (χ1n) is 27.7. The lowest BCUT2D eigenvalue weighted by atomic mass is 9.87. The van der Waals surface area contributed by atoms with E-state index in [1.54, 1.807) is 24.3 Å². The lowest BCUT2D eigenvalue weighted by Crippen LogP contribution is -2.54. The molecule has 80 heavy (non-hydrogen) atoms. The Labute approximate surface area is 468 Å². The number of likely N-dealkylation sites (tertiary alicyclic amines) is 2. The van der Waals surface area contributed by atoms with E-state index in [0.29, 0.717) is 75.3 Å². The molecule has 2 aliphatic heterocycles. The van der Waals surface area contributed by atoms with Crippen molar-refractivity contribution in [1.82, 2.24) is 20.4 Å². The number of alkyl carbamates (subject to hydrolysis) is 2. The zero-order valence-electron chi connectivity index (χ0n) is 46.3. The van der Waals surface area contributed by atoms with E-state index in [-0.39, 0.29) is 26.2 Å². The minimum absolute atomic E-state index is 0.0684. The number of piperidine rings is 2. The lowest BCUT2D eigenvalue weighted by Gasteiger charge is -2.36. The maximum Gasteiger partial charge on any atom is 0.407 e. The van der Waals surface area contributed by atoms with Crippen molar-refractivity contribution in [2.45, 2.75) is 129 Å². The molecule has 4 amide bonds. The number of Topliss-reactive ketones (excluding diaryl/α,β-unsaturated/α-hetero) is 2. The molecule has 0 saturated carbocycles. The third-order valence-electron chi connectivity index (χ3n) is 14.6. The molecule has 0 radical (unpaired) electrons. The molecule has 16 nitrogen and oxygen atoms in total. The van der Waals surface area contributed by atoms with Gasteiger partial charge in [0.15, 0.2) is 0 Å². The molecule has 0 aromatic heterocycles. The van der Waals surface area contributed by atoms with Gasteiger partial charge in [0.2, 0.25) is 11.6 Å². The Kier molecular flexibility index (Phi) is 21.3. The van der Waals surface area contributed by atoms with E-state index in [2.05, 4.69) is 10.6 Å². The third-order valence-corrected chi connectivity index (χ3v) is 14.6. The van der Waals surface area contributed by atoms with Gasteiger partial charge < -0.3 is 39.4 Å². The van der Waals surface area contributed by atoms with Crippen molar-refractivity contribution in [3.63, 3.8) is 0 Å². The average molecular weight is 1090 g/mol. The van der Waals surface area contributed by atoms with Gasteiger partial charge in [0, 0.05) is 26.2 Å². The number of ether oxygens (including phenoxy) is 4. The van der Waals surface area contributed by atoms with E-state index in [0.717, 1.165) is 22.3 Å². The summed E-state index contributed by atoms with van der Waals surface area (Å²) in [5, 5.41) is 5.30. The van der Waals surface area contributed by atoms with Crippen LogP contribution in [-0.2, 0) is 73.6 Å². The Morgan fingerprint density at radius 3 is 1.15 bits per heavy atom. The number of benzene rings is 5. The number of nitrogens with zero attached hydrogens (tertiary/aromatic N) is 2. The highest BCUT2D eigenvalue weighted by atomic mass is 16.6. The zero-order valence-corrected chi connectivity index (χ0v) is 46.3. The monoisotopic (exact) mass is 1090 g/mol. The first kappa shape index (κ1) is 59.5. The Balaban J connectivity index is 0.826. The summed E-state index contributed by atoms with van der Waals surface area (Å²) in [5.74, 6) is -4.38. The Morgan fingerprint density at radius 2 is 0.800 bits per heavy atom. The number of hydrogen-bond acceptors (Lipinski definition) is 12. The highest BCUT2D eigenvalue weighted by molar-refractivity contribution is 6.39. The van der Waals surface area contributed by atoms with Crippen LogP contribution in [0.15, 0.2) is 146 Å². The number of nitrogens with one attached hydrogen (secondary N) is 2.